The van der Waals surface area contributed by atoms with Gasteiger partial charge in [0.1, 0.15) is 11.4 Å². The van der Waals surface area contributed by atoms with Crippen LogP contribution in [0.5, 0.6) is 17.2 Å². The first-order valence-corrected chi connectivity index (χ1v) is 12.6. The average molecular weight is 488 g/mol. The quantitative estimate of drug-likeness (QED) is 0.233. The zero-order valence-corrected chi connectivity index (χ0v) is 21.8. The van der Waals surface area contributed by atoms with Gasteiger partial charge < -0.3 is 14.2 Å². The topological polar surface area (TPSA) is 105 Å². The molecule has 1 heterocycles. The highest BCUT2D eigenvalue weighted by Crippen LogP contribution is 2.68. The van der Waals surface area contributed by atoms with E-state index in [-0.39, 0.29) is 33.2 Å². The number of esters is 2. The molecule has 1 aliphatic heterocycles. The summed E-state index contributed by atoms with van der Waals surface area (Å²) in [5.74, 6) is -0.690. The number of fused-ring (bicyclic) bond motifs is 4. The van der Waals surface area contributed by atoms with Crippen molar-refractivity contribution in [3.63, 3.8) is 0 Å². The lowest BCUT2D eigenvalue weighted by molar-refractivity contribution is -0.526. The van der Waals surface area contributed by atoms with E-state index in [0.29, 0.717) is 17.2 Å². The summed E-state index contributed by atoms with van der Waals surface area (Å²) < 4.78 is 17.4. The van der Waals surface area contributed by atoms with E-state index in [1.807, 2.05) is 0 Å². The number of carbonyl (C=O) groups is 2. The van der Waals surface area contributed by atoms with Crippen LogP contribution >= 0.6 is 0 Å². The van der Waals surface area contributed by atoms with Crippen LogP contribution in [0.2, 0.25) is 0 Å². The fourth-order valence-electron chi connectivity index (χ4n) is 7.92. The Hall–Kier alpha value is -2.64. The van der Waals surface area contributed by atoms with Gasteiger partial charge in [-0.3, -0.25) is 19.7 Å². The van der Waals surface area contributed by atoms with E-state index in [4.69, 9.17) is 14.2 Å². The van der Waals surface area contributed by atoms with Crippen molar-refractivity contribution in [3.8, 4) is 17.2 Å². The number of benzene rings is 1. The molecule has 0 amide bonds. The number of rotatable bonds is 4. The third-order valence-corrected chi connectivity index (χ3v) is 9.07. The summed E-state index contributed by atoms with van der Waals surface area (Å²) >= 11 is 0. The lowest BCUT2D eigenvalue weighted by Crippen LogP contribution is -2.64. The van der Waals surface area contributed by atoms with Crippen LogP contribution < -0.4 is 14.2 Å². The molecule has 192 valence electrons. The Morgan fingerprint density at radius 2 is 1.66 bits per heavy atom. The molecule has 0 spiro atoms. The predicted molar refractivity (Wildman–Crippen MR) is 129 cm³/mol. The monoisotopic (exact) mass is 487 g/mol. The number of hydrogen-bond donors (Lipinski definition) is 0. The Bertz CT molecular complexity index is 1070. The summed E-state index contributed by atoms with van der Waals surface area (Å²) in [4.78, 5) is 35.6. The number of nitro groups is 1. The van der Waals surface area contributed by atoms with Gasteiger partial charge in [-0.1, -0.05) is 27.2 Å². The lowest BCUT2D eigenvalue weighted by Gasteiger charge is -2.65. The van der Waals surface area contributed by atoms with Crippen molar-refractivity contribution >= 4 is 11.9 Å². The molecule has 3 aliphatic rings. The number of ether oxygens (including phenoxy) is 3. The van der Waals surface area contributed by atoms with Gasteiger partial charge in [0, 0.05) is 43.2 Å². The Morgan fingerprint density at radius 1 is 1.06 bits per heavy atom. The minimum absolute atomic E-state index is 0.0692. The van der Waals surface area contributed by atoms with Crippen molar-refractivity contribution in [2.24, 2.45) is 22.7 Å². The highest BCUT2D eigenvalue weighted by molar-refractivity contribution is 5.74. The van der Waals surface area contributed by atoms with Gasteiger partial charge >= 0.3 is 11.9 Å². The first-order valence-electron chi connectivity index (χ1n) is 12.6. The van der Waals surface area contributed by atoms with Crippen LogP contribution in [0.15, 0.2) is 12.1 Å². The number of hydrogen-bond acceptors (Lipinski definition) is 7. The van der Waals surface area contributed by atoms with Crippen LogP contribution in [0, 0.1) is 32.8 Å². The van der Waals surface area contributed by atoms with Crippen LogP contribution in [-0.2, 0) is 9.59 Å². The van der Waals surface area contributed by atoms with E-state index in [1.54, 1.807) is 19.1 Å². The van der Waals surface area contributed by atoms with Crippen LogP contribution in [0.1, 0.15) is 92.1 Å². The van der Waals surface area contributed by atoms with Crippen molar-refractivity contribution in [1.82, 2.24) is 0 Å². The zero-order valence-electron chi connectivity index (χ0n) is 21.8. The molecule has 1 unspecified atom stereocenters. The molecule has 8 nitrogen and oxygen atoms in total. The molecule has 0 N–H and O–H groups in total. The summed E-state index contributed by atoms with van der Waals surface area (Å²) in [6.45, 7) is 13.2. The van der Waals surface area contributed by atoms with E-state index in [9.17, 15) is 19.7 Å². The standard InChI is InChI=1S/C27H37NO7/c1-15(28(31)32)23-18-13-20(33-16(2)29)21(34-17(3)30)14-19(18)35-27(7)12-9-22-25(4,5)10-8-11-26(22,6)24(23)27/h13-15,22-24H,8-12H2,1-7H3/t15?,22-,23+,24+,26-,27-/m1/s1. The van der Waals surface area contributed by atoms with E-state index in [1.165, 1.54) is 13.8 Å². The molecular weight excluding hydrogens is 450 g/mol. The molecule has 1 aromatic carbocycles. The average Bonchev–Trinajstić information content (AvgIpc) is 2.70. The molecule has 4 rings (SSSR count). The summed E-state index contributed by atoms with van der Waals surface area (Å²) in [6, 6.07) is 2.28. The molecule has 0 bridgehead atoms. The number of carbonyl (C=O) groups excluding carboxylic acids is 2. The van der Waals surface area contributed by atoms with E-state index in [0.717, 1.165) is 32.1 Å². The van der Waals surface area contributed by atoms with Crippen molar-refractivity contribution in [2.45, 2.75) is 98.1 Å². The normalized spacial score (nSPS) is 33.7. The lowest BCUT2D eigenvalue weighted by atomic mass is 9.42. The van der Waals surface area contributed by atoms with E-state index in [2.05, 4.69) is 27.7 Å². The minimum atomic E-state index is -0.882. The smallest absolute Gasteiger partial charge is 0.308 e. The highest BCUT2D eigenvalue weighted by atomic mass is 16.6. The first-order chi connectivity index (χ1) is 16.2. The van der Waals surface area contributed by atoms with Gasteiger partial charge in [-0.25, -0.2) is 0 Å². The third-order valence-electron chi connectivity index (χ3n) is 9.07. The highest BCUT2D eigenvalue weighted by Gasteiger charge is 2.65. The van der Waals surface area contributed by atoms with Crippen molar-refractivity contribution in [2.75, 3.05) is 0 Å². The molecule has 6 atom stereocenters. The third kappa shape index (κ3) is 4.19. The second-order valence-corrected chi connectivity index (χ2v) is 11.9. The van der Waals surface area contributed by atoms with Gasteiger partial charge in [0.25, 0.3) is 0 Å². The summed E-state index contributed by atoms with van der Waals surface area (Å²) in [6.07, 6.45) is 4.99. The summed E-state index contributed by atoms with van der Waals surface area (Å²) in [5, 5.41) is 12.3. The van der Waals surface area contributed by atoms with Crippen molar-refractivity contribution < 1.29 is 28.7 Å². The van der Waals surface area contributed by atoms with Gasteiger partial charge in [-0.2, -0.15) is 0 Å². The summed E-state index contributed by atoms with van der Waals surface area (Å²) in [5.41, 5.74) is 0.00214. The molecule has 8 heteroatoms. The van der Waals surface area contributed by atoms with Gasteiger partial charge in [0.05, 0.1) is 5.92 Å². The van der Waals surface area contributed by atoms with E-state index < -0.39 is 29.5 Å². The Balaban J connectivity index is 1.94. The Kier molecular flexibility index (Phi) is 6.17. The first kappa shape index (κ1) is 25.5. The Labute approximate surface area is 206 Å². The van der Waals surface area contributed by atoms with Gasteiger partial charge in [0.2, 0.25) is 6.04 Å². The summed E-state index contributed by atoms with van der Waals surface area (Å²) in [7, 11) is 0. The van der Waals surface area contributed by atoms with Gasteiger partial charge in [0.15, 0.2) is 11.5 Å². The zero-order chi connectivity index (χ0) is 25.9. The van der Waals surface area contributed by atoms with Gasteiger partial charge in [-0.05, 0) is 55.4 Å². The van der Waals surface area contributed by atoms with Crippen molar-refractivity contribution in [1.29, 1.82) is 0 Å². The van der Waals surface area contributed by atoms with E-state index >= 15 is 0 Å². The molecule has 2 fully saturated rings. The molecule has 0 radical (unpaired) electrons. The molecule has 0 aromatic heterocycles. The van der Waals surface area contributed by atoms with Crippen molar-refractivity contribution in [3.05, 3.63) is 27.8 Å². The molecule has 35 heavy (non-hydrogen) atoms. The fourth-order valence-corrected chi connectivity index (χ4v) is 7.92. The van der Waals surface area contributed by atoms with Crippen LogP contribution in [-0.4, -0.2) is 28.5 Å². The second-order valence-electron chi connectivity index (χ2n) is 11.9. The second kappa shape index (κ2) is 8.49. The van der Waals surface area contributed by atoms with Crippen LogP contribution in [0.3, 0.4) is 0 Å². The van der Waals surface area contributed by atoms with Crippen LogP contribution in [0.25, 0.3) is 0 Å². The number of nitrogens with zero attached hydrogens (tertiary/aromatic N) is 1. The molecular formula is C27H37NO7. The SMILES string of the molecule is CC(=O)Oc1cc2c(cc1OC(C)=O)[C@H](C(C)[N+](=O)[O-])[C@H]1[C@]3(C)CCCC(C)(C)[C@H]3CC[C@@]1(C)O2. The van der Waals surface area contributed by atoms with Gasteiger partial charge in [-0.15, -0.1) is 0 Å². The Morgan fingerprint density at radius 3 is 2.23 bits per heavy atom. The molecule has 0 saturated heterocycles. The minimum Gasteiger partial charge on any atom is -0.487 e. The van der Waals surface area contributed by atoms with Crippen LogP contribution in [0.4, 0.5) is 0 Å². The molecule has 2 aliphatic carbocycles. The maximum absolute atomic E-state index is 12.3. The maximum Gasteiger partial charge on any atom is 0.308 e. The maximum atomic E-state index is 12.3. The molecule has 1 aromatic rings. The largest absolute Gasteiger partial charge is 0.487 e. The molecule has 2 saturated carbocycles. The predicted octanol–water partition coefficient (Wildman–Crippen LogP) is 5.68. The fraction of sp³-hybridized carbons (Fsp3) is 0.704.